The van der Waals surface area contributed by atoms with Crippen molar-refractivity contribution in [1.82, 2.24) is 0 Å². The Morgan fingerprint density at radius 3 is 1.75 bits per heavy atom. The second-order valence-corrected chi connectivity index (χ2v) is 7.52. The minimum atomic E-state index is -0.341. The summed E-state index contributed by atoms with van der Waals surface area (Å²) in [6, 6.07) is 0. The van der Waals surface area contributed by atoms with Gasteiger partial charge in [0.25, 0.3) is 0 Å². The topological polar surface area (TPSA) is 41.8 Å². The summed E-state index contributed by atoms with van der Waals surface area (Å²) >= 11 is 0. The highest BCUT2D eigenvalue weighted by atomic mass is 16.5. The number of rotatable bonds is 16. The minimum absolute atomic E-state index is 0.103. The molecular formula is C21H41NO2. The van der Waals surface area contributed by atoms with E-state index in [2.05, 4.69) is 18.8 Å². The predicted molar refractivity (Wildman–Crippen MR) is 104 cm³/mol. The van der Waals surface area contributed by atoms with E-state index in [4.69, 9.17) is 4.74 Å². The quantitative estimate of drug-likeness (QED) is 0.348. The lowest BCUT2D eigenvalue weighted by atomic mass is 10.0. The molecule has 1 atom stereocenters. The predicted octanol–water partition coefficient (Wildman–Crippen LogP) is 6.04. The zero-order valence-corrected chi connectivity index (χ0v) is 16.3. The zero-order valence-electron chi connectivity index (χ0n) is 16.3. The highest BCUT2D eigenvalue weighted by Gasteiger charge is 2.33. The summed E-state index contributed by atoms with van der Waals surface area (Å²) in [5.74, 6) is 0.869. The van der Waals surface area contributed by atoms with Crippen LogP contribution in [0.1, 0.15) is 110 Å². The van der Waals surface area contributed by atoms with E-state index in [1.54, 1.807) is 0 Å². The van der Waals surface area contributed by atoms with E-state index in [0.29, 0.717) is 6.61 Å². The Balaban J connectivity index is 1.86. The normalized spacial score (nSPS) is 20.2. The molecule has 1 aliphatic heterocycles. The molecule has 3 nitrogen and oxygen atoms in total. The molecule has 0 aromatic rings. The van der Waals surface area contributed by atoms with Gasteiger partial charge >= 0.3 is 0 Å². The van der Waals surface area contributed by atoms with Gasteiger partial charge in [0.2, 0.25) is 0 Å². The fourth-order valence-electron chi connectivity index (χ4n) is 3.34. The van der Waals surface area contributed by atoms with Crippen LogP contribution in [-0.4, -0.2) is 29.8 Å². The number of hydrogen-bond donors (Lipinski definition) is 1. The molecule has 0 aromatic heterocycles. The van der Waals surface area contributed by atoms with Crippen molar-refractivity contribution in [3.8, 4) is 0 Å². The average molecular weight is 340 g/mol. The molecule has 0 aromatic carbocycles. The second kappa shape index (κ2) is 13.7. The van der Waals surface area contributed by atoms with Gasteiger partial charge in [0, 0.05) is 6.42 Å². The Kier molecular flexibility index (Phi) is 12.2. The van der Waals surface area contributed by atoms with Crippen LogP contribution < -0.4 is 0 Å². The molecule has 1 N–H and O–H groups in total. The molecule has 0 aliphatic carbocycles. The van der Waals surface area contributed by atoms with Crippen molar-refractivity contribution in [3.05, 3.63) is 0 Å². The van der Waals surface area contributed by atoms with Gasteiger partial charge in [-0.05, 0) is 12.8 Å². The van der Waals surface area contributed by atoms with Crippen LogP contribution in [0, 0.1) is 0 Å². The lowest BCUT2D eigenvalue weighted by molar-refractivity contribution is 0.153. The van der Waals surface area contributed by atoms with Gasteiger partial charge in [-0.15, -0.1) is 0 Å². The lowest BCUT2D eigenvalue weighted by Gasteiger charge is -2.17. The monoisotopic (exact) mass is 339 g/mol. The SMILES string of the molecule is CCCCCCCCCCCCCCCC1=NC(CC)(CO)CO1. The van der Waals surface area contributed by atoms with Crippen LogP contribution in [0.5, 0.6) is 0 Å². The largest absolute Gasteiger partial charge is 0.478 e. The van der Waals surface area contributed by atoms with Crippen molar-refractivity contribution in [2.45, 2.75) is 116 Å². The first kappa shape index (κ1) is 21.5. The first-order valence-electron chi connectivity index (χ1n) is 10.6. The third-order valence-corrected chi connectivity index (χ3v) is 5.32. The molecule has 0 amide bonds. The van der Waals surface area contributed by atoms with Gasteiger partial charge in [-0.2, -0.15) is 0 Å². The van der Waals surface area contributed by atoms with Crippen molar-refractivity contribution >= 4 is 5.90 Å². The summed E-state index contributed by atoms with van der Waals surface area (Å²) in [5, 5.41) is 9.43. The summed E-state index contributed by atoms with van der Waals surface area (Å²) in [7, 11) is 0. The van der Waals surface area contributed by atoms with Gasteiger partial charge in [0.05, 0.1) is 6.61 Å². The van der Waals surface area contributed by atoms with Crippen molar-refractivity contribution in [2.75, 3.05) is 13.2 Å². The number of hydrogen-bond acceptors (Lipinski definition) is 3. The van der Waals surface area contributed by atoms with Crippen LogP contribution in [0.25, 0.3) is 0 Å². The molecule has 1 heterocycles. The maximum atomic E-state index is 9.43. The van der Waals surface area contributed by atoms with Gasteiger partial charge in [-0.1, -0.05) is 90.9 Å². The molecule has 3 heteroatoms. The molecule has 0 radical (unpaired) electrons. The maximum absolute atomic E-state index is 9.43. The first-order chi connectivity index (χ1) is 11.8. The third kappa shape index (κ3) is 9.05. The van der Waals surface area contributed by atoms with Crippen molar-refractivity contribution < 1.29 is 9.84 Å². The van der Waals surface area contributed by atoms with Crippen LogP contribution in [0.2, 0.25) is 0 Å². The van der Waals surface area contributed by atoms with E-state index in [1.807, 2.05) is 0 Å². The Hall–Kier alpha value is -0.570. The lowest BCUT2D eigenvalue weighted by Crippen LogP contribution is -2.31. The summed E-state index contributed by atoms with van der Waals surface area (Å²) in [5.41, 5.74) is -0.341. The maximum Gasteiger partial charge on any atom is 0.184 e. The fourth-order valence-corrected chi connectivity index (χ4v) is 3.34. The number of ether oxygens (including phenoxy) is 1. The molecule has 0 saturated heterocycles. The standard InChI is InChI=1S/C21H41NO2/c1-3-5-6-7-8-9-10-11-12-13-14-15-16-17-20-22-21(4-2,18-23)19-24-20/h23H,3-19H2,1-2H3. The van der Waals surface area contributed by atoms with Crippen LogP contribution >= 0.6 is 0 Å². The Morgan fingerprint density at radius 1 is 0.833 bits per heavy atom. The molecule has 0 saturated carbocycles. The Labute approximate surface area is 150 Å². The van der Waals surface area contributed by atoms with Crippen molar-refractivity contribution in [1.29, 1.82) is 0 Å². The molecule has 1 rings (SSSR count). The average Bonchev–Trinajstić information content (AvgIpc) is 3.03. The van der Waals surface area contributed by atoms with Crippen molar-refractivity contribution in [2.24, 2.45) is 4.99 Å². The summed E-state index contributed by atoms with van der Waals surface area (Å²) in [6.45, 7) is 5.01. The van der Waals surface area contributed by atoms with E-state index in [1.165, 1.54) is 83.5 Å². The molecular weight excluding hydrogens is 298 g/mol. The van der Waals surface area contributed by atoms with E-state index in [0.717, 1.165) is 18.7 Å². The minimum Gasteiger partial charge on any atom is -0.478 e. The van der Waals surface area contributed by atoms with E-state index < -0.39 is 0 Å². The molecule has 142 valence electrons. The molecule has 24 heavy (non-hydrogen) atoms. The zero-order chi connectivity index (χ0) is 17.5. The van der Waals surface area contributed by atoms with Crippen LogP contribution in [-0.2, 0) is 4.74 Å². The van der Waals surface area contributed by atoms with E-state index >= 15 is 0 Å². The number of unbranched alkanes of at least 4 members (excludes halogenated alkanes) is 12. The highest BCUT2D eigenvalue weighted by Crippen LogP contribution is 2.24. The van der Waals surface area contributed by atoms with Gasteiger partial charge < -0.3 is 9.84 Å². The van der Waals surface area contributed by atoms with E-state index in [-0.39, 0.29) is 12.1 Å². The van der Waals surface area contributed by atoms with Gasteiger partial charge in [0.1, 0.15) is 12.1 Å². The summed E-state index contributed by atoms with van der Waals surface area (Å²) < 4.78 is 5.65. The third-order valence-electron chi connectivity index (χ3n) is 5.32. The first-order valence-corrected chi connectivity index (χ1v) is 10.6. The fraction of sp³-hybridized carbons (Fsp3) is 0.952. The smallest absolute Gasteiger partial charge is 0.184 e. The van der Waals surface area contributed by atoms with Gasteiger partial charge in [-0.3, -0.25) is 0 Å². The van der Waals surface area contributed by atoms with Gasteiger partial charge in [-0.25, -0.2) is 4.99 Å². The summed E-state index contributed by atoms with van der Waals surface area (Å²) in [6.07, 6.45) is 19.7. The summed E-state index contributed by atoms with van der Waals surface area (Å²) in [4.78, 5) is 4.60. The molecule has 0 fully saturated rings. The molecule has 1 aliphatic rings. The van der Waals surface area contributed by atoms with Crippen molar-refractivity contribution in [3.63, 3.8) is 0 Å². The van der Waals surface area contributed by atoms with Crippen LogP contribution in [0.15, 0.2) is 4.99 Å². The second-order valence-electron chi connectivity index (χ2n) is 7.52. The Morgan fingerprint density at radius 2 is 1.33 bits per heavy atom. The van der Waals surface area contributed by atoms with Gasteiger partial charge in [0.15, 0.2) is 5.90 Å². The van der Waals surface area contributed by atoms with Crippen LogP contribution in [0.3, 0.4) is 0 Å². The molecule has 0 spiro atoms. The number of aliphatic hydroxyl groups excluding tert-OH is 1. The highest BCUT2D eigenvalue weighted by molar-refractivity contribution is 5.78. The number of aliphatic hydroxyl groups is 1. The Bertz CT molecular complexity index is 324. The number of nitrogens with zero attached hydrogens (tertiary/aromatic N) is 1. The van der Waals surface area contributed by atoms with Crippen LogP contribution in [0.4, 0.5) is 0 Å². The number of aliphatic imine (C=N–C) groups is 1. The molecule has 0 bridgehead atoms. The van der Waals surface area contributed by atoms with E-state index in [9.17, 15) is 5.11 Å². The molecule has 1 unspecified atom stereocenters.